The van der Waals surface area contributed by atoms with Gasteiger partial charge in [0.15, 0.2) is 0 Å². The van der Waals surface area contributed by atoms with E-state index in [2.05, 4.69) is 15.5 Å². The van der Waals surface area contributed by atoms with Crippen LogP contribution < -0.4 is 5.32 Å². The molecule has 0 spiro atoms. The van der Waals surface area contributed by atoms with Crippen molar-refractivity contribution in [2.45, 2.75) is 19.4 Å². The third-order valence-corrected chi connectivity index (χ3v) is 2.29. The highest BCUT2D eigenvalue weighted by Crippen LogP contribution is 2.05. The molecule has 0 aliphatic carbocycles. The predicted octanol–water partition coefficient (Wildman–Crippen LogP) is -0.224. The van der Waals surface area contributed by atoms with Crippen LogP contribution in [0.2, 0.25) is 0 Å². The van der Waals surface area contributed by atoms with Crippen LogP contribution in [0.1, 0.15) is 11.3 Å². The first-order chi connectivity index (χ1) is 6.75. The molecule has 2 heterocycles. The van der Waals surface area contributed by atoms with E-state index in [1.165, 1.54) is 0 Å². The molecule has 1 saturated heterocycles. The Bertz CT molecular complexity index is 331. The maximum atomic E-state index is 11.5. The average molecular weight is 195 g/mol. The molecule has 0 radical (unpaired) electrons. The van der Waals surface area contributed by atoms with E-state index in [0.29, 0.717) is 19.6 Å². The lowest BCUT2D eigenvalue weighted by atomic mass is 10.1. The second-order valence-electron chi connectivity index (χ2n) is 3.50. The molecular formula is C9H13N3O2. The lowest BCUT2D eigenvalue weighted by Gasteiger charge is -2.26. The smallest absolute Gasteiger partial charge is 0.224 e. The molecule has 0 aromatic carbocycles. The maximum Gasteiger partial charge on any atom is 0.224 e. The number of aryl methyl sites for hydroxylation is 1. The van der Waals surface area contributed by atoms with Gasteiger partial charge in [-0.2, -0.15) is 5.10 Å². The molecule has 14 heavy (non-hydrogen) atoms. The number of rotatable bonds is 3. The van der Waals surface area contributed by atoms with E-state index in [4.69, 9.17) is 4.74 Å². The number of hydrogen-bond acceptors (Lipinski definition) is 3. The van der Waals surface area contributed by atoms with Crippen molar-refractivity contribution in [2.24, 2.45) is 0 Å². The summed E-state index contributed by atoms with van der Waals surface area (Å²) >= 11 is 0. The fourth-order valence-corrected chi connectivity index (χ4v) is 1.32. The van der Waals surface area contributed by atoms with Crippen molar-refractivity contribution in [2.75, 3.05) is 13.2 Å². The van der Waals surface area contributed by atoms with Gasteiger partial charge in [0, 0.05) is 11.3 Å². The van der Waals surface area contributed by atoms with Crippen molar-refractivity contribution in [1.29, 1.82) is 0 Å². The normalized spacial score (nSPS) is 16.4. The zero-order valence-corrected chi connectivity index (χ0v) is 8.04. The number of amides is 1. The van der Waals surface area contributed by atoms with Gasteiger partial charge in [0.2, 0.25) is 5.91 Å². The molecular weight excluding hydrogens is 182 g/mol. The first-order valence-electron chi connectivity index (χ1n) is 4.61. The molecule has 1 aromatic heterocycles. The molecule has 0 saturated carbocycles. The summed E-state index contributed by atoms with van der Waals surface area (Å²) in [6.45, 7) is 3.17. The monoisotopic (exact) mass is 195 g/mol. The molecule has 0 atom stereocenters. The van der Waals surface area contributed by atoms with Crippen LogP contribution in [0.15, 0.2) is 6.20 Å². The number of aromatic amines is 1. The van der Waals surface area contributed by atoms with E-state index in [1.54, 1.807) is 6.20 Å². The van der Waals surface area contributed by atoms with E-state index < -0.39 is 0 Å². The molecule has 76 valence electrons. The summed E-state index contributed by atoms with van der Waals surface area (Å²) < 4.78 is 4.96. The van der Waals surface area contributed by atoms with Gasteiger partial charge in [0.05, 0.1) is 31.9 Å². The van der Waals surface area contributed by atoms with Crippen molar-refractivity contribution in [3.05, 3.63) is 17.5 Å². The second kappa shape index (κ2) is 3.79. The highest BCUT2D eigenvalue weighted by Gasteiger charge is 2.20. The van der Waals surface area contributed by atoms with E-state index >= 15 is 0 Å². The Labute approximate surface area is 81.8 Å². The minimum Gasteiger partial charge on any atom is -0.377 e. The molecule has 1 aromatic rings. The fraction of sp³-hybridized carbons (Fsp3) is 0.556. The minimum absolute atomic E-state index is 0.0304. The number of carbonyl (C=O) groups excluding carboxylic acids is 1. The van der Waals surface area contributed by atoms with Gasteiger partial charge in [-0.1, -0.05) is 0 Å². The molecule has 0 bridgehead atoms. The average Bonchev–Trinajstić information content (AvgIpc) is 2.45. The summed E-state index contributed by atoms with van der Waals surface area (Å²) in [6, 6.07) is 0.203. The van der Waals surface area contributed by atoms with E-state index in [9.17, 15) is 4.79 Å². The SMILES string of the molecule is Cc1[nH]ncc1CC(=O)NC1COC1. The number of carbonyl (C=O) groups is 1. The minimum atomic E-state index is 0.0304. The maximum absolute atomic E-state index is 11.5. The zero-order chi connectivity index (χ0) is 9.97. The van der Waals surface area contributed by atoms with Crippen molar-refractivity contribution < 1.29 is 9.53 Å². The van der Waals surface area contributed by atoms with E-state index in [1.807, 2.05) is 6.92 Å². The Morgan fingerprint density at radius 2 is 2.57 bits per heavy atom. The lowest BCUT2D eigenvalue weighted by molar-refractivity contribution is -0.124. The number of nitrogens with zero attached hydrogens (tertiary/aromatic N) is 1. The molecule has 1 fully saturated rings. The molecule has 2 N–H and O–H groups in total. The van der Waals surface area contributed by atoms with Crippen molar-refractivity contribution in [3.63, 3.8) is 0 Å². The first kappa shape index (κ1) is 9.21. The Kier molecular flexibility index (Phi) is 2.49. The number of hydrogen-bond donors (Lipinski definition) is 2. The van der Waals surface area contributed by atoms with Crippen molar-refractivity contribution in [1.82, 2.24) is 15.5 Å². The molecule has 5 nitrogen and oxygen atoms in total. The summed E-state index contributed by atoms with van der Waals surface area (Å²) in [5.74, 6) is 0.0304. The van der Waals surface area contributed by atoms with Gasteiger partial charge < -0.3 is 10.1 Å². The number of ether oxygens (including phenoxy) is 1. The highest BCUT2D eigenvalue weighted by molar-refractivity contribution is 5.79. The quantitative estimate of drug-likeness (QED) is 0.700. The van der Waals surface area contributed by atoms with Gasteiger partial charge in [0.1, 0.15) is 0 Å². The fourth-order valence-electron chi connectivity index (χ4n) is 1.32. The molecule has 1 aliphatic heterocycles. The van der Waals surface area contributed by atoms with E-state index in [0.717, 1.165) is 11.3 Å². The zero-order valence-electron chi connectivity index (χ0n) is 8.04. The Hall–Kier alpha value is -1.36. The number of aromatic nitrogens is 2. The summed E-state index contributed by atoms with van der Waals surface area (Å²) in [7, 11) is 0. The van der Waals surface area contributed by atoms with Gasteiger partial charge in [-0.15, -0.1) is 0 Å². The van der Waals surface area contributed by atoms with E-state index in [-0.39, 0.29) is 11.9 Å². The van der Waals surface area contributed by atoms with Crippen LogP contribution in [0.25, 0.3) is 0 Å². The summed E-state index contributed by atoms with van der Waals surface area (Å²) in [5, 5.41) is 9.54. The third-order valence-electron chi connectivity index (χ3n) is 2.29. The summed E-state index contributed by atoms with van der Waals surface area (Å²) in [6.07, 6.45) is 2.07. The largest absolute Gasteiger partial charge is 0.377 e. The molecule has 2 rings (SSSR count). The van der Waals surface area contributed by atoms with Gasteiger partial charge in [-0.25, -0.2) is 0 Å². The molecule has 1 aliphatic rings. The first-order valence-corrected chi connectivity index (χ1v) is 4.61. The van der Waals surface area contributed by atoms with Crippen molar-refractivity contribution >= 4 is 5.91 Å². The third kappa shape index (κ3) is 1.93. The van der Waals surface area contributed by atoms with Crippen LogP contribution in [0.3, 0.4) is 0 Å². The van der Waals surface area contributed by atoms with Crippen LogP contribution in [-0.4, -0.2) is 35.4 Å². The summed E-state index contributed by atoms with van der Waals surface area (Å²) in [5.41, 5.74) is 1.90. The van der Waals surface area contributed by atoms with Gasteiger partial charge in [0.25, 0.3) is 0 Å². The molecule has 1 amide bonds. The topological polar surface area (TPSA) is 67.0 Å². The second-order valence-corrected chi connectivity index (χ2v) is 3.50. The molecule has 5 heteroatoms. The predicted molar refractivity (Wildman–Crippen MR) is 49.8 cm³/mol. The highest BCUT2D eigenvalue weighted by atomic mass is 16.5. The Morgan fingerprint density at radius 1 is 1.79 bits per heavy atom. The van der Waals surface area contributed by atoms with Gasteiger partial charge >= 0.3 is 0 Å². The Balaban J connectivity index is 1.84. The number of nitrogens with one attached hydrogen (secondary N) is 2. The van der Waals surface area contributed by atoms with Crippen LogP contribution in [0, 0.1) is 6.92 Å². The lowest BCUT2D eigenvalue weighted by Crippen LogP contribution is -2.49. The van der Waals surface area contributed by atoms with Crippen LogP contribution in [0.5, 0.6) is 0 Å². The number of H-pyrrole nitrogens is 1. The van der Waals surface area contributed by atoms with Crippen LogP contribution in [0.4, 0.5) is 0 Å². The summed E-state index contributed by atoms with van der Waals surface area (Å²) in [4.78, 5) is 11.5. The van der Waals surface area contributed by atoms with Crippen LogP contribution >= 0.6 is 0 Å². The van der Waals surface area contributed by atoms with Crippen molar-refractivity contribution in [3.8, 4) is 0 Å². The van der Waals surface area contributed by atoms with Crippen LogP contribution in [-0.2, 0) is 16.0 Å². The Morgan fingerprint density at radius 3 is 3.07 bits per heavy atom. The van der Waals surface area contributed by atoms with Gasteiger partial charge in [-0.05, 0) is 6.92 Å². The molecule has 0 unspecified atom stereocenters. The van der Waals surface area contributed by atoms with Gasteiger partial charge in [-0.3, -0.25) is 9.89 Å². The standard InChI is InChI=1S/C9H13N3O2/c1-6-7(3-10-12-6)2-9(13)11-8-4-14-5-8/h3,8H,2,4-5H2,1H3,(H,10,12)(H,11,13).